The van der Waals surface area contributed by atoms with E-state index in [4.69, 9.17) is 0 Å². The fourth-order valence-electron chi connectivity index (χ4n) is 1.70. The molecule has 3 heteroatoms. The quantitative estimate of drug-likeness (QED) is 0.792. The van der Waals surface area contributed by atoms with Gasteiger partial charge in [-0.1, -0.05) is 24.3 Å². The average molecular weight is 202 g/mol. The third-order valence-corrected chi connectivity index (χ3v) is 2.42. The average Bonchev–Trinajstić information content (AvgIpc) is 2.28. The summed E-state index contributed by atoms with van der Waals surface area (Å²) >= 11 is 0. The molecule has 15 heavy (non-hydrogen) atoms. The molecule has 3 nitrogen and oxygen atoms in total. The first kappa shape index (κ1) is 10.1. The van der Waals surface area contributed by atoms with Gasteiger partial charge in [0.1, 0.15) is 0 Å². The minimum Gasteiger partial charge on any atom is -0.387 e. The van der Waals surface area contributed by atoms with E-state index in [1.165, 1.54) is 0 Å². The lowest BCUT2D eigenvalue weighted by Crippen LogP contribution is -2.17. The van der Waals surface area contributed by atoms with Crippen molar-refractivity contribution in [3.63, 3.8) is 0 Å². The number of likely N-dealkylation sites (N-methyl/N-ethyl adjacent to an activating group) is 1. The molecule has 0 spiro atoms. The zero-order valence-electron chi connectivity index (χ0n) is 8.64. The highest BCUT2D eigenvalue weighted by Gasteiger charge is 2.10. The van der Waals surface area contributed by atoms with Gasteiger partial charge >= 0.3 is 0 Å². The maximum Gasteiger partial charge on any atom is 0.0935 e. The van der Waals surface area contributed by atoms with Gasteiger partial charge in [-0.3, -0.25) is 4.98 Å². The molecule has 78 valence electrons. The van der Waals surface area contributed by atoms with Gasteiger partial charge in [-0.05, 0) is 13.1 Å². The second kappa shape index (κ2) is 4.38. The number of nitrogens with zero attached hydrogens (tertiary/aromatic N) is 1. The zero-order chi connectivity index (χ0) is 10.7. The van der Waals surface area contributed by atoms with Crippen LogP contribution in [0.25, 0.3) is 10.9 Å². The van der Waals surface area contributed by atoms with E-state index in [2.05, 4.69) is 10.3 Å². The maximum atomic E-state index is 9.92. The van der Waals surface area contributed by atoms with Crippen LogP contribution in [0, 0.1) is 0 Å². The molecule has 1 unspecified atom stereocenters. The molecule has 2 aromatic rings. The van der Waals surface area contributed by atoms with Crippen LogP contribution in [0.5, 0.6) is 0 Å². The van der Waals surface area contributed by atoms with E-state index in [-0.39, 0.29) is 0 Å². The Morgan fingerprint density at radius 1 is 1.33 bits per heavy atom. The second-order valence-electron chi connectivity index (χ2n) is 3.50. The first-order valence-corrected chi connectivity index (χ1v) is 4.99. The lowest BCUT2D eigenvalue weighted by molar-refractivity contribution is 0.179. The highest BCUT2D eigenvalue weighted by molar-refractivity contribution is 5.81. The standard InChI is InChI=1S/C12H14N2O/c1-13-8-11(15)10-6-2-4-9-5-3-7-14-12(9)10/h2-7,11,13,15H,8H2,1H3. The van der Waals surface area contributed by atoms with Crippen molar-refractivity contribution in [2.24, 2.45) is 0 Å². The van der Waals surface area contributed by atoms with Crippen molar-refractivity contribution in [3.05, 3.63) is 42.1 Å². The summed E-state index contributed by atoms with van der Waals surface area (Å²) in [7, 11) is 1.82. The number of hydrogen-bond acceptors (Lipinski definition) is 3. The molecule has 1 atom stereocenters. The molecule has 2 rings (SSSR count). The number of hydrogen-bond donors (Lipinski definition) is 2. The minimum absolute atomic E-state index is 0.506. The molecule has 0 saturated heterocycles. The fraction of sp³-hybridized carbons (Fsp3) is 0.250. The summed E-state index contributed by atoms with van der Waals surface area (Å²) in [6, 6.07) is 9.75. The predicted molar refractivity (Wildman–Crippen MR) is 60.6 cm³/mol. The Morgan fingerprint density at radius 2 is 2.13 bits per heavy atom. The summed E-state index contributed by atoms with van der Waals surface area (Å²) in [6.45, 7) is 0.537. The normalized spacial score (nSPS) is 12.9. The van der Waals surface area contributed by atoms with Gasteiger partial charge in [-0.2, -0.15) is 0 Å². The number of nitrogens with one attached hydrogen (secondary N) is 1. The lowest BCUT2D eigenvalue weighted by atomic mass is 10.1. The molecule has 0 amide bonds. The van der Waals surface area contributed by atoms with Gasteiger partial charge in [0, 0.05) is 23.7 Å². The van der Waals surface area contributed by atoms with E-state index in [0.717, 1.165) is 16.5 Å². The molecule has 1 aromatic heterocycles. The number of aromatic nitrogens is 1. The van der Waals surface area contributed by atoms with Crippen LogP contribution in [0.4, 0.5) is 0 Å². The summed E-state index contributed by atoms with van der Waals surface area (Å²) in [5, 5.41) is 13.9. The van der Waals surface area contributed by atoms with Gasteiger partial charge in [0.25, 0.3) is 0 Å². The third-order valence-electron chi connectivity index (χ3n) is 2.42. The van der Waals surface area contributed by atoms with E-state index in [0.29, 0.717) is 6.54 Å². The van der Waals surface area contributed by atoms with Crippen LogP contribution in [-0.4, -0.2) is 23.7 Å². The highest BCUT2D eigenvalue weighted by atomic mass is 16.3. The molecule has 0 radical (unpaired) electrons. The molecule has 0 aliphatic heterocycles. The lowest BCUT2D eigenvalue weighted by Gasteiger charge is -2.12. The molecule has 0 bridgehead atoms. The number of rotatable bonds is 3. The molecule has 0 aliphatic rings. The van der Waals surface area contributed by atoms with Crippen LogP contribution >= 0.6 is 0 Å². The van der Waals surface area contributed by atoms with E-state index in [9.17, 15) is 5.11 Å². The first-order valence-electron chi connectivity index (χ1n) is 4.99. The van der Waals surface area contributed by atoms with Crippen molar-refractivity contribution in [2.75, 3.05) is 13.6 Å². The van der Waals surface area contributed by atoms with Gasteiger partial charge in [0.05, 0.1) is 11.6 Å². The maximum absolute atomic E-state index is 9.92. The molecule has 0 aliphatic carbocycles. The van der Waals surface area contributed by atoms with E-state index in [1.54, 1.807) is 6.20 Å². The SMILES string of the molecule is CNCC(O)c1cccc2cccnc12. The van der Waals surface area contributed by atoms with E-state index >= 15 is 0 Å². The third kappa shape index (κ3) is 1.98. The molecular formula is C12H14N2O. The van der Waals surface area contributed by atoms with Gasteiger partial charge in [-0.15, -0.1) is 0 Å². The number of aliphatic hydroxyl groups is 1. The van der Waals surface area contributed by atoms with Crippen molar-refractivity contribution in [1.29, 1.82) is 0 Å². The Bertz CT molecular complexity index is 451. The number of fused-ring (bicyclic) bond motifs is 1. The summed E-state index contributed by atoms with van der Waals surface area (Å²) < 4.78 is 0. The summed E-state index contributed by atoms with van der Waals surface area (Å²) in [5.41, 5.74) is 1.75. The predicted octanol–water partition coefficient (Wildman–Crippen LogP) is 1.49. The van der Waals surface area contributed by atoms with E-state index < -0.39 is 6.10 Å². The Labute approximate surface area is 88.8 Å². The number of para-hydroxylation sites is 1. The highest BCUT2D eigenvalue weighted by Crippen LogP contribution is 2.21. The molecule has 2 N–H and O–H groups in total. The largest absolute Gasteiger partial charge is 0.387 e. The Hall–Kier alpha value is -1.45. The minimum atomic E-state index is -0.506. The fourth-order valence-corrected chi connectivity index (χ4v) is 1.70. The molecule has 1 heterocycles. The molecule has 0 fully saturated rings. The van der Waals surface area contributed by atoms with Gasteiger partial charge in [0.15, 0.2) is 0 Å². The van der Waals surface area contributed by atoms with Crippen molar-refractivity contribution in [1.82, 2.24) is 10.3 Å². The monoisotopic (exact) mass is 202 g/mol. The topological polar surface area (TPSA) is 45.1 Å². The number of benzene rings is 1. The molecule has 1 aromatic carbocycles. The zero-order valence-corrected chi connectivity index (χ0v) is 8.64. The Balaban J connectivity index is 2.50. The summed E-state index contributed by atoms with van der Waals surface area (Å²) in [5.74, 6) is 0. The van der Waals surface area contributed by atoms with Gasteiger partial charge in [-0.25, -0.2) is 0 Å². The molecular weight excluding hydrogens is 188 g/mol. The summed E-state index contributed by atoms with van der Waals surface area (Å²) in [6.07, 6.45) is 1.24. The number of aliphatic hydroxyl groups excluding tert-OH is 1. The van der Waals surface area contributed by atoms with Gasteiger partial charge in [0.2, 0.25) is 0 Å². The second-order valence-corrected chi connectivity index (χ2v) is 3.50. The summed E-state index contributed by atoms with van der Waals surface area (Å²) in [4.78, 5) is 4.30. The van der Waals surface area contributed by atoms with Crippen LogP contribution in [0.2, 0.25) is 0 Å². The van der Waals surface area contributed by atoms with Crippen LogP contribution in [0.15, 0.2) is 36.5 Å². The van der Waals surface area contributed by atoms with Crippen LogP contribution in [-0.2, 0) is 0 Å². The first-order chi connectivity index (χ1) is 7.33. The Morgan fingerprint density at radius 3 is 2.93 bits per heavy atom. The van der Waals surface area contributed by atoms with Gasteiger partial charge < -0.3 is 10.4 Å². The number of pyridine rings is 1. The van der Waals surface area contributed by atoms with E-state index in [1.807, 2.05) is 37.4 Å². The van der Waals surface area contributed by atoms with Crippen molar-refractivity contribution >= 4 is 10.9 Å². The van der Waals surface area contributed by atoms with Crippen molar-refractivity contribution in [3.8, 4) is 0 Å². The molecule has 0 saturated carbocycles. The van der Waals surface area contributed by atoms with Crippen LogP contribution < -0.4 is 5.32 Å². The smallest absolute Gasteiger partial charge is 0.0935 e. The van der Waals surface area contributed by atoms with Crippen molar-refractivity contribution in [2.45, 2.75) is 6.10 Å². The van der Waals surface area contributed by atoms with Crippen LogP contribution in [0.1, 0.15) is 11.7 Å². The Kier molecular flexibility index (Phi) is 2.94. The van der Waals surface area contributed by atoms with Crippen LogP contribution in [0.3, 0.4) is 0 Å². The van der Waals surface area contributed by atoms with Crippen molar-refractivity contribution < 1.29 is 5.11 Å².